The number of amides is 1. The number of rotatable bonds is 3. The fourth-order valence-electron chi connectivity index (χ4n) is 1.82. The van der Waals surface area contributed by atoms with E-state index in [1.54, 1.807) is 13.0 Å². The van der Waals surface area contributed by atoms with E-state index in [2.05, 4.69) is 11.2 Å². The molecule has 0 heterocycles. The lowest BCUT2D eigenvalue weighted by molar-refractivity contribution is -0.121. The Morgan fingerprint density at radius 1 is 1.59 bits per heavy atom. The highest BCUT2D eigenvalue weighted by molar-refractivity contribution is 5.98. The SMILES string of the molecule is C#Cc1cccc(NC(=O)C(C)(N)C2CC2)c1. The molecule has 17 heavy (non-hydrogen) atoms. The third-order valence-electron chi connectivity index (χ3n) is 3.20. The number of hydrogen-bond donors (Lipinski definition) is 2. The van der Waals surface area contributed by atoms with Crippen LogP contribution in [-0.2, 0) is 4.79 Å². The summed E-state index contributed by atoms with van der Waals surface area (Å²) in [4.78, 5) is 12.0. The highest BCUT2D eigenvalue weighted by atomic mass is 16.2. The Kier molecular flexibility index (Phi) is 2.91. The molecule has 1 aliphatic carbocycles. The summed E-state index contributed by atoms with van der Waals surface area (Å²) < 4.78 is 0. The van der Waals surface area contributed by atoms with E-state index in [1.807, 2.05) is 18.2 Å². The number of terminal acetylenes is 1. The molecule has 0 aliphatic heterocycles. The van der Waals surface area contributed by atoms with E-state index in [9.17, 15) is 4.79 Å². The Balaban J connectivity index is 2.10. The normalized spacial score (nSPS) is 17.9. The van der Waals surface area contributed by atoms with Gasteiger partial charge in [-0.3, -0.25) is 4.79 Å². The molecule has 1 unspecified atom stereocenters. The molecule has 0 radical (unpaired) electrons. The molecule has 1 aromatic rings. The van der Waals surface area contributed by atoms with Crippen molar-refractivity contribution in [2.75, 3.05) is 5.32 Å². The number of nitrogens with one attached hydrogen (secondary N) is 1. The average Bonchev–Trinajstić information content (AvgIpc) is 3.13. The summed E-state index contributed by atoms with van der Waals surface area (Å²) in [6.45, 7) is 1.78. The monoisotopic (exact) mass is 228 g/mol. The summed E-state index contributed by atoms with van der Waals surface area (Å²) in [6, 6.07) is 7.20. The minimum Gasteiger partial charge on any atom is -0.324 e. The summed E-state index contributed by atoms with van der Waals surface area (Å²) in [6.07, 6.45) is 7.37. The highest BCUT2D eigenvalue weighted by Crippen LogP contribution is 2.38. The van der Waals surface area contributed by atoms with E-state index in [-0.39, 0.29) is 5.91 Å². The summed E-state index contributed by atoms with van der Waals surface area (Å²) in [5, 5.41) is 2.82. The first-order chi connectivity index (χ1) is 8.04. The Hall–Kier alpha value is -1.79. The van der Waals surface area contributed by atoms with E-state index in [0.29, 0.717) is 11.6 Å². The van der Waals surface area contributed by atoms with Crippen molar-refractivity contribution in [2.24, 2.45) is 11.7 Å². The maximum Gasteiger partial charge on any atom is 0.244 e. The van der Waals surface area contributed by atoms with E-state index < -0.39 is 5.54 Å². The van der Waals surface area contributed by atoms with Crippen molar-refractivity contribution in [3.63, 3.8) is 0 Å². The number of nitrogens with two attached hydrogens (primary N) is 1. The van der Waals surface area contributed by atoms with Crippen molar-refractivity contribution >= 4 is 11.6 Å². The van der Waals surface area contributed by atoms with Crippen molar-refractivity contribution in [2.45, 2.75) is 25.3 Å². The summed E-state index contributed by atoms with van der Waals surface area (Å²) in [5.41, 5.74) is 6.69. The summed E-state index contributed by atoms with van der Waals surface area (Å²) in [5.74, 6) is 2.69. The molecule has 0 saturated heterocycles. The topological polar surface area (TPSA) is 55.1 Å². The molecule has 3 heteroatoms. The van der Waals surface area contributed by atoms with Gasteiger partial charge < -0.3 is 11.1 Å². The van der Waals surface area contributed by atoms with E-state index >= 15 is 0 Å². The van der Waals surface area contributed by atoms with Gasteiger partial charge >= 0.3 is 0 Å². The molecule has 0 bridgehead atoms. The molecule has 88 valence electrons. The molecule has 1 amide bonds. The zero-order valence-corrected chi connectivity index (χ0v) is 9.86. The van der Waals surface area contributed by atoms with Crippen LogP contribution in [0.1, 0.15) is 25.3 Å². The molecule has 1 aromatic carbocycles. The van der Waals surface area contributed by atoms with Gasteiger partial charge in [-0.1, -0.05) is 12.0 Å². The molecule has 2 rings (SSSR count). The second kappa shape index (κ2) is 4.23. The van der Waals surface area contributed by atoms with Crippen LogP contribution in [0.15, 0.2) is 24.3 Å². The number of carbonyl (C=O) groups is 1. The molecular formula is C14H16N2O. The predicted molar refractivity (Wildman–Crippen MR) is 68.3 cm³/mol. The first-order valence-electron chi connectivity index (χ1n) is 5.71. The predicted octanol–water partition coefficient (Wildman–Crippen LogP) is 1.73. The van der Waals surface area contributed by atoms with Crippen LogP contribution in [0.2, 0.25) is 0 Å². The quantitative estimate of drug-likeness (QED) is 0.774. The molecular weight excluding hydrogens is 212 g/mol. The lowest BCUT2D eigenvalue weighted by Crippen LogP contribution is -2.50. The van der Waals surface area contributed by atoms with Crippen LogP contribution < -0.4 is 11.1 Å². The van der Waals surface area contributed by atoms with Gasteiger partial charge in [0.05, 0.1) is 5.54 Å². The number of anilines is 1. The van der Waals surface area contributed by atoms with Crippen molar-refractivity contribution in [3.05, 3.63) is 29.8 Å². The number of benzene rings is 1. The van der Waals surface area contributed by atoms with Crippen LogP contribution >= 0.6 is 0 Å². The lowest BCUT2D eigenvalue weighted by Gasteiger charge is -2.23. The van der Waals surface area contributed by atoms with Gasteiger partial charge in [0.1, 0.15) is 0 Å². The molecule has 1 aliphatic rings. The number of hydrogen-bond acceptors (Lipinski definition) is 2. The Labute approximate surface area is 101 Å². The standard InChI is InChI=1S/C14H16N2O/c1-3-10-5-4-6-12(9-10)16-13(17)14(2,15)11-7-8-11/h1,4-6,9,11H,7-8,15H2,2H3,(H,16,17). The summed E-state index contributed by atoms with van der Waals surface area (Å²) >= 11 is 0. The third kappa shape index (κ3) is 2.48. The highest BCUT2D eigenvalue weighted by Gasteiger charge is 2.44. The van der Waals surface area contributed by atoms with E-state index in [1.165, 1.54) is 0 Å². The van der Waals surface area contributed by atoms with Crippen LogP contribution in [0.25, 0.3) is 0 Å². The second-order valence-electron chi connectivity index (χ2n) is 4.74. The number of carbonyl (C=O) groups excluding carboxylic acids is 1. The lowest BCUT2D eigenvalue weighted by atomic mass is 9.96. The van der Waals surface area contributed by atoms with Gasteiger partial charge in [0.2, 0.25) is 5.91 Å². The molecule has 1 saturated carbocycles. The Morgan fingerprint density at radius 3 is 2.88 bits per heavy atom. The van der Waals surface area contributed by atoms with Crippen molar-refractivity contribution in [3.8, 4) is 12.3 Å². The minimum absolute atomic E-state index is 0.144. The Bertz CT molecular complexity index is 481. The first kappa shape index (κ1) is 11.7. The van der Waals surface area contributed by atoms with Gasteiger partial charge in [0.25, 0.3) is 0 Å². The van der Waals surface area contributed by atoms with Gasteiger partial charge in [-0.05, 0) is 43.9 Å². The molecule has 1 atom stereocenters. The molecule has 0 aromatic heterocycles. The van der Waals surface area contributed by atoms with Crippen LogP contribution in [0.5, 0.6) is 0 Å². The summed E-state index contributed by atoms with van der Waals surface area (Å²) in [7, 11) is 0. The van der Waals surface area contributed by atoms with Crippen molar-refractivity contribution < 1.29 is 4.79 Å². The zero-order valence-electron chi connectivity index (χ0n) is 9.86. The molecule has 0 spiro atoms. The average molecular weight is 228 g/mol. The van der Waals surface area contributed by atoms with E-state index in [4.69, 9.17) is 12.2 Å². The first-order valence-corrected chi connectivity index (χ1v) is 5.71. The minimum atomic E-state index is -0.786. The van der Waals surface area contributed by atoms with Gasteiger partial charge in [0, 0.05) is 11.3 Å². The smallest absolute Gasteiger partial charge is 0.244 e. The Morgan fingerprint density at radius 2 is 2.29 bits per heavy atom. The molecule has 3 N–H and O–H groups in total. The van der Waals surface area contributed by atoms with Gasteiger partial charge in [-0.25, -0.2) is 0 Å². The second-order valence-corrected chi connectivity index (χ2v) is 4.74. The maximum absolute atomic E-state index is 12.0. The van der Waals surface area contributed by atoms with E-state index in [0.717, 1.165) is 18.4 Å². The van der Waals surface area contributed by atoms with Crippen LogP contribution in [0.4, 0.5) is 5.69 Å². The van der Waals surface area contributed by atoms with Crippen molar-refractivity contribution in [1.29, 1.82) is 0 Å². The van der Waals surface area contributed by atoms with Crippen LogP contribution in [0.3, 0.4) is 0 Å². The third-order valence-corrected chi connectivity index (χ3v) is 3.20. The fourth-order valence-corrected chi connectivity index (χ4v) is 1.82. The van der Waals surface area contributed by atoms with Gasteiger partial charge in [-0.2, -0.15) is 0 Å². The van der Waals surface area contributed by atoms with Crippen LogP contribution in [-0.4, -0.2) is 11.4 Å². The zero-order chi connectivity index (χ0) is 12.5. The van der Waals surface area contributed by atoms with Gasteiger partial charge in [-0.15, -0.1) is 6.42 Å². The fraction of sp³-hybridized carbons (Fsp3) is 0.357. The largest absolute Gasteiger partial charge is 0.324 e. The molecule has 1 fully saturated rings. The van der Waals surface area contributed by atoms with Crippen LogP contribution in [0, 0.1) is 18.3 Å². The van der Waals surface area contributed by atoms with Crippen molar-refractivity contribution in [1.82, 2.24) is 0 Å². The molecule has 3 nitrogen and oxygen atoms in total. The maximum atomic E-state index is 12.0. The van der Waals surface area contributed by atoms with Gasteiger partial charge in [0.15, 0.2) is 0 Å².